The zero-order valence-electron chi connectivity index (χ0n) is 27.6. The van der Waals surface area contributed by atoms with Crippen LogP contribution in [-0.4, -0.2) is 78.2 Å². The number of hydrogen-bond donors (Lipinski definition) is 5. The number of nitrogens with zero attached hydrogens (tertiary/aromatic N) is 1. The summed E-state index contributed by atoms with van der Waals surface area (Å²) in [6.45, 7) is 8.06. The third-order valence-corrected chi connectivity index (χ3v) is 8.50. The lowest BCUT2D eigenvalue weighted by molar-refractivity contribution is -0.142. The summed E-state index contributed by atoms with van der Waals surface area (Å²) in [5, 5.41) is 14.5. The number of carbonyl (C=O) groups excluding carboxylic acids is 5. The van der Waals surface area contributed by atoms with Crippen molar-refractivity contribution < 1.29 is 28.4 Å². The van der Waals surface area contributed by atoms with Crippen LogP contribution in [0.25, 0.3) is 0 Å². The topological polar surface area (TPSA) is 149 Å². The van der Waals surface area contributed by atoms with Gasteiger partial charge in [0.2, 0.25) is 29.5 Å². The molecule has 0 aliphatic carbocycles. The highest BCUT2D eigenvalue weighted by atomic mass is 19.1. The van der Waals surface area contributed by atoms with Crippen LogP contribution in [-0.2, 0) is 36.8 Å². The van der Waals surface area contributed by atoms with E-state index in [-0.39, 0.29) is 37.1 Å². The molecule has 1 saturated heterocycles. The molecule has 2 aromatic carbocycles. The van der Waals surface area contributed by atoms with Crippen LogP contribution in [0.3, 0.4) is 0 Å². The Bertz CT molecular complexity index is 1430. The fourth-order valence-corrected chi connectivity index (χ4v) is 6.02. The second-order valence-corrected chi connectivity index (χ2v) is 13.2. The number of rotatable bonds is 5. The lowest BCUT2D eigenvalue weighted by Crippen LogP contribution is -2.59. The molecular formula is C35H47FN6O5. The van der Waals surface area contributed by atoms with Gasteiger partial charge in [0.25, 0.3) is 0 Å². The molecule has 5 N–H and O–H groups in total. The van der Waals surface area contributed by atoms with Gasteiger partial charge in [-0.15, -0.1) is 0 Å². The molecule has 5 amide bonds. The summed E-state index contributed by atoms with van der Waals surface area (Å²) in [7, 11) is 0. The predicted octanol–water partition coefficient (Wildman–Crippen LogP) is 2.30. The number of amides is 5. The first-order valence-corrected chi connectivity index (χ1v) is 16.5. The fraction of sp³-hybridized carbons (Fsp3) is 0.514. The molecule has 0 saturated carbocycles. The van der Waals surface area contributed by atoms with E-state index in [9.17, 15) is 28.4 Å². The third kappa shape index (κ3) is 10.0. The lowest BCUT2D eigenvalue weighted by Gasteiger charge is -2.31. The van der Waals surface area contributed by atoms with E-state index in [0.717, 1.165) is 5.56 Å². The molecular weight excluding hydrogens is 603 g/mol. The second kappa shape index (κ2) is 16.4. The average Bonchev–Trinajstić information content (AvgIpc) is 3.52. The summed E-state index contributed by atoms with van der Waals surface area (Å²) in [6.07, 6.45) is 1.98. The number of fused-ring (bicyclic) bond motifs is 3. The summed E-state index contributed by atoms with van der Waals surface area (Å²) >= 11 is 0. The summed E-state index contributed by atoms with van der Waals surface area (Å²) in [5.74, 6) is -2.87. The van der Waals surface area contributed by atoms with Crippen molar-refractivity contribution in [3.05, 3.63) is 65.5 Å². The quantitative estimate of drug-likeness (QED) is 0.336. The minimum absolute atomic E-state index is 0.00508. The van der Waals surface area contributed by atoms with Gasteiger partial charge in [0.15, 0.2) is 0 Å². The molecule has 0 spiro atoms. The molecule has 4 rings (SSSR count). The fourth-order valence-electron chi connectivity index (χ4n) is 6.02. The Balaban J connectivity index is 1.66. The summed E-state index contributed by atoms with van der Waals surface area (Å²) in [5.41, 5.74) is 2.28. The zero-order valence-corrected chi connectivity index (χ0v) is 27.6. The Hall–Kier alpha value is -4.48. The van der Waals surface area contributed by atoms with Crippen LogP contribution in [0.2, 0.25) is 0 Å². The van der Waals surface area contributed by atoms with Gasteiger partial charge in [-0.1, -0.05) is 52.0 Å². The summed E-state index contributed by atoms with van der Waals surface area (Å²) < 4.78 is 13.7. The van der Waals surface area contributed by atoms with E-state index in [1.807, 2.05) is 38.1 Å². The van der Waals surface area contributed by atoms with Crippen LogP contribution in [0.1, 0.15) is 58.1 Å². The van der Waals surface area contributed by atoms with E-state index < -0.39 is 53.6 Å². The number of halogens is 1. The zero-order chi connectivity index (χ0) is 34.1. The maximum Gasteiger partial charge on any atom is 0.246 e. The molecule has 254 valence electrons. The van der Waals surface area contributed by atoms with Gasteiger partial charge in [-0.05, 0) is 72.9 Å². The van der Waals surface area contributed by atoms with Gasteiger partial charge >= 0.3 is 0 Å². The largest absolute Gasteiger partial charge is 0.376 e. The van der Waals surface area contributed by atoms with Gasteiger partial charge in [-0.25, -0.2) is 4.39 Å². The molecule has 0 radical (unpaired) electrons. The molecule has 2 aromatic rings. The lowest BCUT2D eigenvalue weighted by atomic mass is 9.98. The molecule has 2 heterocycles. The smallest absolute Gasteiger partial charge is 0.246 e. The molecule has 1 fully saturated rings. The predicted molar refractivity (Wildman–Crippen MR) is 177 cm³/mol. The van der Waals surface area contributed by atoms with E-state index in [2.05, 4.69) is 26.6 Å². The number of benzene rings is 2. The minimum atomic E-state index is -1.07. The third-order valence-electron chi connectivity index (χ3n) is 8.50. The van der Waals surface area contributed by atoms with E-state index >= 15 is 0 Å². The molecule has 47 heavy (non-hydrogen) atoms. The monoisotopic (exact) mass is 650 g/mol. The van der Waals surface area contributed by atoms with Gasteiger partial charge in [0.1, 0.15) is 30.0 Å². The Labute approximate surface area is 275 Å². The Kier molecular flexibility index (Phi) is 12.3. The maximum absolute atomic E-state index is 14.1. The molecule has 11 nitrogen and oxygen atoms in total. The van der Waals surface area contributed by atoms with Crippen LogP contribution in [0.4, 0.5) is 10.1 Å². The first-order chi connectivity index (χ1) is 22.4. The van der Waals surface area contributed by atoms with Crippen molar-refractivity contribution in [2.45, 2.75) is 84.0 Å². The van der Waals surface area contributed by atoms with Crippen LogP contribution in [0.15, 0.2) is 48.5 Å². The van der Waals surface area contributed by atoms with Crippen molar-refractivity contribution in [2.75, 3.05) is 25.0 Å². The van der Waals surface area contributed by atoms with Crippen LogP contribution < -0.4 is 26.6 Å². The van der Waals surface area contributed by atoms with E-state index in [0.29, 0.717) is 43.6 Å². The molecule has 0 unspecified atom stereocenters. The van der Waals surface area contributed by atoms with Crippen molar-refractivity contribution in [1.29, 1.82) is 0 Å². The van der Waals surface area contributed by atoms with Crippen LogP contribution in [0.5, 0.6) is 0 Å². The average molecular weight is 651 g/mol. The minimum Gasteiger partial charge on any atom is -0.376 e. The number of carbonyl (C=O) groups is 5. The Morgan fingerprint density at radius 3 is 2.28 bits per heavy atom. The molecule has 2 aliphatic heterocycles. The first-order valence-electron chi connectivity index (χ1n) is 16.5. The van der Waals surface area contributed by atoms with E-state index in [1.165, 1.54) is 17.0 Å². The maximum atomic E-state index is 14.1. The number of hydrogen-bond acceptors (Lipinski definition) is 6. The van der Waals surface area contributed by atoms with Gasteiger partial charge in [0, 0.05) is 25.2 Å². The van der Waals surface area contributed by atoms with Crippen molar-refractivity contribution in [3.8, 4) is 0 Å². The van der Waals surface area contributed by atoms with Crippen molar-refractivity contribution in [2.24, 2.45) is 11.8 Å². The molecule has 2 aliphatic rings. The second-order valence-electron chi connectivity index (χ2n) is 13.2. The standard InChI is InChI=1S/C35H47FN6O5/c1-21(2)17-27-32(44)40-28(19-24-10-12-25(36)13-11-24)35(47)42-16-6-9-29(42)33(45)37-15-14-23-7-5-8-26(18-23)38-20-30(43)41-31(22(3)4)34(46)39-27/h5,7-8,10-13,18,21-22,27-29,31,38H,6,9,14-17,19-20H2,1-4H3,(H,37,45)(H,39,46)(H,40,44)(H,41,43)/t27-,28+,29+,31-/m1/s1. The van der Waals surface area contributed by atoms with E-state index in [1.54, 1.807) is 26.0 Å². The SMILES string of the molecule is CC(C)C[C@H]1NC(=O)[C@@H](C(C)C)NC(=O)CNc2cccc(c2)CCNC(=O)[C@@H]2CCCN2C(=O)[C@H](Cc2ccc(F)cc2)NC1=O. The van der Waals surface area contributed by atoms with Gasteiger partial charge in [0.05, 0.1) is 6.54 Å². The Morgan fingerprint density at radius 2 is 1.57 bits per heavy atom. The molecule has 0 aromatic heterocycles. The van der Waals surface area contributed by atoms with Crippen molar-refractivity contribution >= 4 is 35.2 Å². The normalized spacial score (nSPS) is 23.6. The highest BCUT2D eigenvalue weighted by molar-refractivity contribution is 5.96. The molecule has 12 heteroatoms. The highest BCUT2D eigenvalue weighted by Crippen LogP contribution is 2.21. The first kappa shape index (κ1) is 35.4. The highest BCUT2D eigenvalue weighted by Gasteiger charge is 2.39. The van der Waals surface area contributed by atoms with Crippen LogP contribution >= 0.6 is 0 Å². The van der Waals surface area contributed by atoms with E-state index in [4.69, 9.17) is 0 Å². The molecule has 4 atom stereocenters. The number of anilines is 1. The van der Waals surface area contributed by atoms with Gasteiger partial charge in [-0.3, -0.25) is 24.0 Å². The number of nitrogens with one attached hydrogen (secondary N) is 5. The van der Waals surface area contributed by atoms with Gasteiger partial charge < -0.3 is 31.5 Å². The Morgan fingerprint density at radius 1 is 0.851 bits per heavy atom. The summed E-state index contributed by atoms with van der Waals surface area (Å²) in [4.78, 5) is 69.3. The van der Waals surface area contributed by atoms with Gasteiger partial charge in [-0.2, -0.15) is 0 Å². The summed E-state index contributed by atoms with van der Waals surface area (Å²) in [6, 6.07) is 9.50. The van der Waals surface area contributed by atoms with Crippen molar-refractivity contribution in [3.63, 3.8) is 0 Å². The van der Waals surface area contributed by atoms with Crippen LogP contribution in [0, 0.1) is 17.7 Å². The van der Waals surface area contributed by atoms with Crippen molar-refractivity contribution in [1.82, 2.24) is 26.2 Å². The molecule has 2 bridgehead atoms.